The Hall–Kier alpha value is -1.57. The van der Waals surface area contributed by atoms with Gasteiger partial charge in [-0.2, -0.15) is 0 Å². The van der Waals surface area contributed by atoms with Gasteiger partial charge >= 0.3 is 0 Å². The Morgan fingerprint density at radius 3 is 3.14 bits per heavy atom. The third kappa shape index (κ3) is 5.37. The first-order chi connectivity index (χ1) is 10.3. The summed E-state index contributed by atoms with van der Waals surface area (Å²) in [5.41, 5.74) is 0.829. The van der Waals surface area contributed by atoms with Crippen LogP contribution < -0.4 is 4.74 Å². The van der Waals surface area contributed by atoms with Crippen molar-refractivity contribution in [2.75, 3.05) is 26.8 Å². The van der Waals surface area contributed by atoms with E-state index in [0.29, 0.717) is 19.1 Å². The maximum Gasteiger partial charge on any atom is 0.138 e. The number of aromatic nitrogens is 1. The quantitative estimate of drug-likeness (QED) is 0.843. The summed E-state index contributed by atoms with van der Waals surface area (Å²) in [6, 6.07) is 2.54. The monoisotopic (exact) mass is 288 g/mol. The molecule has 1 N–H and O–H groups in total. The van der Waals surface area contributed by atoms with E-state index in [1.54, 1.807) is 12.4 Å². The third-order valence-corrected chi connectivity index (χ3v) is 3.82. The standard InChI is InChI=1S/C17H24N2O2/c1-19-9-4-2-7-16(19)8-11-21-17-12-15(13-18-14-17)6-3-5-10-20/h12-14,16,20H,2,4-5,7-11H2,1H3. The van der Waals surface area contributed by atoms with E-state index in [4.69, 9.17) is 9.84 Å². The lowest BCUT2D eigenvalue weighted by atomic mass is 10.0. The third-order valence-electron chi connectivity index (χ3n) is 3.82. The minimum absolute atomic E-state index is 0.0888. The van der Waals surface area contributed by atoms with E-state index < -0.39 is 0 Å². The van der Waals surface area contributed by atoms with Crippen molar-refractivity contribution >= 4 is 0 Å². The minimum Gasteiger partial charge on any atom is -0.492 e. The first-order valence-electron chi connectivity index (χ1n) is 7.67. The highest BCUT2D eigenvalue weighted by Crippen LogP contribution is 2.18. The number of hydrogen-bond acceptors (Lipinski definition) is 4. The summed E-state index contributed by atoms with van der Waals surface area (Å²) in [6.07, 6.45) is 8.88. The molecule has 1 fully saturated rings. The summed E-state index contributed by atoms with van der Waals surface area (Å²) in [5.74, 6) is 6.63. The molecule has 114 valence electrons. The number of likely N-dealkylation sites (tertiary alicyclic amines) is 1. The van der Waals surface area contributed by atoms with E-state index in [-0.39, 0.29) is 6.61 Å². The predicted octanol–water partition coefficient (Wildman–Crippen LogP) is 2.07. The van der Waals surface area contributed by atoms with Crippen LogP contribution in [0.4, 0.5) is 0 Å². The first kappa shape index (κ1) is 15.8. The number of ether oxygens (including phenoxy) is 1. The molecule has 0 bridgehead atoms. The van der Waals surface area contributed by atoms with Gasteiger partial charge in [-0.15, -0.1) is 0 Å². The van der Waals surface area contributed by atoms with Crippen LogP contribution in [0.25, 0.3) is 0 Å². The van der Waals surface area contributed by atoms with Crippen LogP contribution in [0.15, 0.2) is 18.5 Å². The smallest absolute Gasteiger partial charge is 0.138 e. The summed E-state index contributed by atoms with van der Waals surface area (Å²) >= 11 is 0. The topological polar surface area (TPSA) is 45.6 Å². The summed E-state index contributed by atoms with van der Waals surface area (Å²) in [6.45, 7) is 2.00. The molecule has 21 heavy (non-hydrogen) atoms. The second kappa shape index (κ2) is 8.66. The Labute approximate surface area is 127 Å². The van der Waals surface area contributed by atoms with Crippen molar-refractivity contribution in [2.24, 2.45) is 0 Å². The molecule has 0 amide bonds. The van der Waals surface area contributed by atoms with Crippen LogP contribution in [-0.2, 0) is 0 Å². The Balaban J connectivity index is 1.80. The highest BCUT2D eigenvalue weighted by Gasteiger charge is 2.18. The molecular formula is C17H24N2O2. The van der Waals surface area contributed by atoms with Crippen LogP contribution in [0.1, 0.15) is 37.7 Å². The molecule has 1 aliphatic rings. The fourth-order valence-electron chi connectivity index (χ4n) is 2.61. The number of piperidine rings is 1. The van der Waals surface area contributed by atoms with Crippen molar-refractivity contribution in [2.45, 2.75) is 38.1 Å². The van der Waals surface area contributed by atoms with Crippen LogP contribution in [0.2, 0.25) is 0 Å². The SMILES string of the molecule is CN1CCCCC1CCOc1cncc(C#CCCO)c1. The van der Waals surface area contributed by atoms with Gasteiger partial charge < -0.3 is 14.7 Å². The van der Waals surface area contributed by atoms with Crippen LogP contribution in [-0.4, -0.2) is 47.8 Å². The fourth-order valence-corrected chi connectivity index (χ4v) is 2.61. The number of aliphatic hydroxyl groups excluding tert-OH is 1. The van der Waals surface area contributed by atoms with Gasteiger partial charge in [0.2, 0.25) is 0 Å². The molecule has 1 aromatic heterocycles. The fraction of sp³-hybridized carbons (Fsp3) is 0.588. The van der Waals surface area contributed by atoms with E-state index in [9.17, 15) is 0 Å². The van der Waals surface area contributed by atoms with Crippen molar-refractivity contribution in [1.29, 1.82) is 0 Å². The van der Waals surface area contributed by atoms with Gasteiger partial charge in [-0.1, -0.05) is 18.3 Å². The van der Waals surface area contributed by atoms with Crippen molar-refractivity contribution in [3.05, 3.63) is 24.0 Å². The molecule has 2 heterocycles. The van der Waals surface area contributed by atoms with E-state index in [0.717, 1.165) is 17.7 Å². The summed E-state index contributed by atoms with van der Waals surface area (Å²) in [7, 11) is 2.20. The number of rotatable bonds is 5. The van der Waals surface area contributed by atoms with Crippen molar-refractivity contribution in [3.63, 3.8) is 0 Å². The molecule has 0 radical (unpaired) electrons. The van der Waals surface area contributed by atoms with E-state index in [1.165, 1.54) is 25.8 Å². The molecule has 0 aromatic carbocycles. The summed E-state index contributed by atoms with van der Waals surface area (Å²) in [5, 5.41) is 8.71. The summed E-state index contributed by atoms with van der Waals surface area (Å²) < 4.78 is 5.80. The first-order valence-corrected chi connectivity index (χ1v) is 7.67. The van der Waals surface area contributed by atoms with Gasteiger partial charge in [-0.05, 0) is 38.9 Å². The summed E-state index contributed by atoms with van der Waals surface area (Å²) in [4.78, 5) is 6.58. The van der Waals surface area contributed by atoms with E-state index in [2.05, 4.69) is 28.8 Å². The molecule has 0 spiro atoms. The maximum atomic E-state index is 8.71. The molecular weight excluding hydrogens is 264 g/mol. The van der Waals surface area contributed by atoms with Crippen molar-refractivity contribution in [3.8, 4) is 17.6 Å². The molecule has 1 aromatic rings. The van der Waals surface area contributed by atoms with E-state index in [1.807, 2.05) is 6.07 Å². The molecule has 0 saturated carbocycles. The molecule has 4 heteroatoms. The largest absolute Gasteiger partial charge is 0.492 e. The van der Waals surface area contributed by atoms with Crippen molar-refractivity contribution in [1.82, 2.24) is 9.88 Å². The Morgan fingerprint density at radius 1 is 1.43 bits per heavy atom. The minimum atomic E-state index is 0.0888. The maximum absolute atomic E-state index is 8.71. The molecule has 4 nitrogen and oxygen atoms in total. The average molecular weight is 288 g/mol. The van der Waals surface area contributed by atoms with Crippen LogP contribution in [0, 0.1) is 11.8 Å². The van der Waals surface area contributed by atoms with Gasteiger partial charge in [0.05, 0.1) is 19.4 Å². The lowest BCUT2D eigenvalue weighted by molar-refractivity contribution is 0.153. The Bertz CT molecular complexity index is 493. The molecule has 1 aliphatic heterocycles. The Kier molecular flexibility index (Phi) is 6.52. The number of pyridine rings is 1. The molecule has 1 unspecified atom stereocenters. The van der Waals surface area contributed by atoms with Gasteiger partial charge in [-0.3, -0.25) is 4.98 Å². The highest BCUT2D eigenvalue weighted by atomic mass is 16.5. The molecule has 1 atom stereocenters. The van der Waals surface area contributed by atoms with Crippen LogP contribution >= 0.6 is 0 Å². The van der Waals surface area contributed by atoms with Gasteiger partial charge in [0.1, 0.15) is 5.75 Å². The second-order valence-electron chi connectivity index (χ2n) is 5.45. The van der Waals surface area contributed by atoms with Crippen LogP contribution in [0.3, 0.4) is 0 Å². The van der Waals surface area contributed by atoms with Gasteiger partial charge in [-0.25, -0.2) is 0 Å². The zero-order valence-electron chi connectivity index (χ0n) is 12.7. The average Bonchev–Trinajstić information content (AvgIpc) is 2.50. The van der Waals surface area contributed by atoms with Gasteiger partial charge in [0.15, 0.2) is 0 Å². The lowest BCUT2D eigenvalue weighted by Gasteiger charge is -2.32. The number of hydrogen-bond donors (Lipinski definition) is 1. The van der Waals surface area contributed by atoms with Gasteiger partial charge in [0, 0.05) is 24.2 Å². The van der Waals surface area contributed by atoms with Crippen molar-refractivity contribution < 1.29 is 9.84 Å². The molecule has 1 saturated heterocycles. The highest BCUT2D eigenvalue weighted by molar-refractivity contribution is 5.36. The number of nitrogens with zero attached hydrogens (tertiary/aromatic N) is 2. The lowest BCUT2D eigenvalue weighted by Crippen LogP contribution is -2.37. The normalized spacial score (nSPS) is 18.9. The van der Waals surface area contributed by atoms with E-state index >= 15 is 0 Å². The Morgan fingerprint density at radius 2 is 2.33 bits per heavy atom. The molecule has 0 aliphatic carbocycles. The second-order valence-corrected chi connectivity index (χ2v) is 5.45. The van der Waals surface area contributed by atoms with Crippen LogP contribution in [0.5, 0.6) is 5.75 Å². The predicted molar refractivity (Wildman–Crippen MR) is 83.2 cm³/mol. The zero-order chi connectivity index (χ0) is 14.9. The number of aliphatic hydroxyl groups is 1. The zero-order valence-corrected chi connectivity index (χ0v) is 12.7. The van der Waals surface area contributed by atoms with Gasteiger partial charge in [0.25, 0.3) is 0 Å². The molecule has 2 rings (SSSR count).